The largest absolute Gasteiger partial charge is 0.339 e. The average molecular weight is 325 g/mol. The Morgan fingerprint density at radius 3 is 2.77 bits per heavy atom. The molecule has 0 bridgehead atoms. The molecule has 118 valence electrons. The molecule has 9 heteroatoms. The molecule has 0 saturated carbocycles. The number of rotatable bonds is 3. The van der Waals surface area contributed by atoms with Gasteiger partial charge in [-0.05, 0) is 12.1 Å². The molecule has 1 aliphatic rings. The van der Waals surface area contributed by atoms with Crippen molar-refractivity contribution in [2.24, 2.45) is 12.8 Å². The van der Waals surface area contributed by atoms with Crippen LogP contribution < -0.4 is 5.73 Å². The predicted molar refractivity (Wildman–Crippen MR) is 76.9 cm³/mol. The minimum Gasteiger partial charge on any atom is -0.339 e. The number of aromatic nitrogens is 3. The molecule has 2 aromatic rings. The molecule has 3 rings (SSSR count). The number of halogens is 1. The summed E-state index contributed by atoms with van der Waals surface area (Å²) in [6, 6.07) is 2.27. The maximum atomic E-state index is 13.9. The standard InChI is InChI=1S/C13H16FN5O2S/c1-18-7-12(17-8-18)22(20,21)19-5-9(11(15)6-19)13-10(14)3-2-4-16-13/h2-4,7-9,11H,5-6,15H2,1H3. The topological polar surface area (TPSA) is 94.1 Å². The molecule has 0 amide bonds. The van der Waals surface area contributed by atoms with Gasteiger partial charge in [0.15, 0.2) is 5.03 Å². The Bertz CT molecular complexity index is 791. The number of aryl methyl sites for hydroxylation is 1. The van der Waals surface area contributed by atoms with Crippen LogP contribution in [-0.2, 0) is 17.1 Å². The van der Waals surface area contributed by atoms with E-state index in [1.807, 2.05) is 0 Å². The zero-order valence-electron chi connectivity index (χ0n) is 11.9. The maximum absolute atomic E-state index is 13.9. The van der Waals surface area contributed by atoms with Gasteiger partial charge in [-0.25, -0.2) is 17.8 Å². The predicted octanol–water partition coefficient (Wildman–Crippen LogP) is 0.0696. The van der Waals surface area contributed by atoms with Gasteiger partial charge in [-0.2, -0.15) is 4.31 Å². The summed E-state index contributed by atoms with van der Waals surface area (Å²) in [5.41, 5.74) is 6.21. The van der Waals surface area contributed by atoms with Crippen molar-refractivity contribution in [2.75, 3.05) is 13.1 Å². The second kappa shape index (κ2) is 5.41. The summed E-state index contributed by atoms with van der Waals surface area (Å²) in [4.78, 5) is 7.88. The smallest absolute Gasteiger partial charge is 0.262 e. The third-order valence-electron chi connectivity index (χ3n) is 3.76. The van der Waals surface area contributed by atoms with Gasteiger partial charge < -0.3 is 10.3 Å². The molecular weight excluding hydrogens is 309 g/mol. The van der Waals surface area contributed by atoms with Gasteiger partial charge in [-0.15, -0.1) is 0 Å². The first-order valence-corrected chi connectivity index (χ1v) is 8.17. The van der Waals surface area contributed by atoms with E-state index in [1.165, 1.54) is 35.2 Å². The van der Waals surface area contributed by atoms with Crippen molar-refractivity contribution >= 4 is 10.0 Å². The van der Waals surface area contributed by atoms with E-state index in [0.29, 0.717) is 0 Å². The number of sulfonamides is 1. The van der Waals surface area contributed by atoms with Crippen LogP contribution in [0.3, 0.4) is 0 Å². The molecule has 1 aliphatic heterocycles. The Morgan fingerprint density at radius 2 is 2.14 bits per heavy atom. The molecule has 0 aromatic carbocycles. The van der Waals surface area contributed by atoms with E-state index in [2.05, 4.69) is 9.97 Å². The lowest BCUT2D eigenvalue weighted by atomic mass is 9.99. The Hall–Kier alpha value is -1.84. The van der Waals surface area contributed by atoms with Crippen molar-refractivity contribution < 1.29 is 12.8 Å². The van der Waals surface area contributed by atoms with E-state index >= 15 is 0 Å². The summed E-state index contributed by atoms with van der Waals surface area (Å²) in [7, 11) is -2.05. The maximum Gasteiger partial charge on any atom is 0.262 e. The number of imidazole rings is 1. The summed E-state index contributed by atoms with van der Waals surface area (Å²) >= 11 is 0. The fourth-order valence-electron chi connectivity index (χ4n) is 2.60. The Balaban J connectivity index is 1.89. The first-order valence-electron chi connectivity index (χ1n) is 6.73. The summed E-state index contributed by atoms with van der Waals surface area (Å²) < 4.78 is 41.7. The third-order valence-corrected chi connectivity index (χ3v) is 5.47. The van der Waals surface area contributed by atoms with E-state index < -0.39 is 27.8 Å². The Labute approximate surface area is 127 Å². The zero-order chi connectivity index (χ0) is 15.9. The second-order valence-electron chi connectivity index (χ2n) is 5.34. The number of nitrogens with zero attached hydrogens (tertiary/aromatic N) is 4. The van der Waals surface area contributed by atoms with Crippen molar-refractivity contribution in [3.63, 3.8) is 0 Å². The van der Waals surface area contributed by atoms with Crippen LogP contribution in [0.25, 0.3) is 0 Å². The summed E-state index contributed by atoms with van der Waals surface area (Å²) in [5, 5.41) is -0.0376. The van der Waals surface area contributed by atoms with E-state index in [0.717, 1.165) is 0 Å². The number of nitrogens with two attached hydrogens (primary N) is 1. The highest BCUT2D eigenvalue weighted by Gasteiger charge is 2.40. The van der Waals surface area contributed by atoms with Gasteiger partial charge in [0, 0.05) is 44.5 Å². The van der Waals surface area contributed by atoms with Gasteiger partial charge in [0.1, 0.15) is 5.82 Å². The molecular formula is C13H16FN5O2S. The van der Waals surface area contributed by atoms with E-state index in [-0.39, 0.29) is 23.8 Å². The molecule has 0 radical (unpaired) electrons. The van der Waals surface area contributed by atoms with Gasteiger partial charge in [0.25, 0.3) is 10.0 Å². The summed E-state index contributed by atoms with van der Waals surface area (Å²) in [5.74, 6) is -0.945. The molecule has 2 atom stereocenters. The van der Waals surface area contributed by atoms with Crippen molar-refractivity contribution in [1.29, 1.82) is 0 Å². The summed E-state index contributed by atoms with van der Waals surface area (Å²) in [6.45, 7) is 0.202. The Morgan fingerprint density at radius 1 is 1.36 bits per heavy atom. The normalized spacial score (nSPS) is 23.0. The molecule has 0 aliphatic carbocycles. The molecule has 2 unspecified atom stereocenters. The minimum atomic E-state index is -3.73. The lowest BCUT2D eigenvalue weighted by molar-refractivity contribution is 0.465. The van der Waals surface area contributed by atoms with Crippen LogP contribution in [0.15, 0.2) is 35.9 Å². The van der Waals surface area contributed by atoms with Crippen molar-refractivity contribution in [3.05, 3.63) is 42.4 Å². The third kappa shape index (κ3) is 2.51. The van der Waals surface area contributed by atoms with Crippen molar-refractivity contribution in [1.82, 2.24) is 18.8 Å². The monoisotopic (exact) mass is 325 g/mol. The number of hydrogen-bond acceptors (Lipinski definition) is 5. The quantitative estimate of drug-likeness (QED) is 0.862. The van der Waals surface area contributed by atoms with Gasteiger partial charge in [-0.1, -0.05) is 0 Å². The highest BCUT2D eigenvalue weighted by atomic mass is 32.2. The van der Waals surface area contributed by atoms with Gasteiger partial charge >= 0.3 is 0 Å². The van der Waals surface area contributed by atoms with Gasteiger partial charge in [-0.3, -0.25) is 4.98 Å². The molecule has 7 nitrogen and oxygen atoms in total. The van der Waals surface area contributed by atoms with Crippen LogP contribution in [0.5, 0.6) is 0 Å². The molecule has 2 N–H and O–H groups in total. The highest BCUT2D eigenvalue weighted by Crippen LogP contribution is 2.30. The highest BCUT2D eigenvalue weighted by molar-refractivity contribution is 7.89. The van der Waals surface area contributed by atoms with Crippen LogP contribution in [0.4, 0.5) is 4.39 Å². The minimum absolute atomic E-state index is 0.0376. The summed E-state index contributed by atoms with van der Waals surface area (Å²) in [6.07, 6.45) is 4.31. The van der Waals surface area contributed by atoms with Crippen LogP contribution in [0, 0.1) is 5.82 Å². The number of pyridine rings is 1. The molecule has 1 saturated heterocycles. The second-order valence-corrected chi connectivity index (χ2v) is 7.23. The van der Waals surface area contributed by atoms with Gasteiger partial charge in [0.05, 0.1) is 12.0 Å². The molecule has 22 heavy (non-hydrogen) atoms. The molecule has 3 heterocycles. The van der Waals surface area contributed by atoms with Crippen LogP contribution in [0.2, 0.25) is 0 Å². The van der Waals surface area contributed by atoms with E-state index in [9.17, 15) is 12.8 Å². The first-order chi connectivity index (χ1) is 10.4. The fourth-order valence-corrected chi connectivity index (χ4v) is 4.07. The van der Waals surface area contributed by atoms with Crippen LogP contribution in [0.1, 0.15) is 11.6 Å². The molecule has 1 fully saturated rings. The van der Waals surface area contributed by atoms with Crippen molar-refractivity contribution in [2.45, 2.75) is 17.0 Å². The van der Waals surface area contributed by atoms with E-state index in [1.54, 1.807) is 11.6 Å². The van der Waals surface area contributed by atoms with Crippen LogP contribution in [-0.4, -0.2) is 46.4 Å². The lowest BCUT2D eigenvalue weighted by Gasteiger charge is -2.15. The lowest BCUT2D eigenvalue weighted by Crippen LogP contribution is -2.32. The average Bonchev–Trinajstić information content (AvgIpc) is 3.06. The Kier molecular flexibility index (Phi) is 3.71. The SMILES string of the molecule is Cn1cnc(S(=O)(=O)N2CC(N)C(c3ncccc3F)C2)c1. The zero-order valence-corrected chi connectivity index (χ0v) is 12.7. The van der Waals surface area contributed by atoms with E-state index in [4.69, 9.17) is 5.73 Å². The molecule has 0 spiro atoms. The van der Waals surface area contributed by atoms with Gasteiger partial charge in [0.2, 0.25) is 0 Å². The first kappa shape index (κ1) is 15.1. The van der Waals surface area contributed by atoms with Crippen LogP contribution >= 0.6 is 0 Å². The molecule has 2 aromatic heterocycles. The van der Waals surface area contributed by atoms with Crippen molar-refractivity contribution in [3.8, 4) is 0 Å². The fraction of sp³-hybridized carbons (Fsp3) is 0.385. The number of hydrogen-bond donors (Lipinski definition) is 1.